The number of amides is 2. The maximum atomic E-state index is 13.9. The Morgan fingerprint density at radius 1 is 1.08 bits per heavy atom. The molecule has 0 unspecified atom stereocenters. The average Bonchev–Trinajstić information content (AvgIpc) is 3.48. The maximum Gasteiger partial charge on any atom is 0.251 e. The molecular weight excluding hydrogens is 458 g/mol. The molecule has 9 nitrogen and oxygen atoms in total. The monoisotopic (exact) mass is 489 g/mol. The second-order valence-corrected chi connectivity index (χ2v) is 8.88. The lowest BCUT2D eigenvalue weighted by Gasteiger charge is -2.30. The van der Waals surface area contributed by atoms with Crippen LogP contribution in [0, 0.1) is 6.92 Å². The fourth-order valence-electron chi connectivity index (χ4n) is 4.04. The third kappa shape index (κ3) is 5.46. The number of carbonyl (C=O) groups is 2. The number of rotatable bonds is 10. The number of fused-ring (bicyclic) bond motifs is 1. The third-order valence-electron chi connectivity index (χ3n) is 5.95. The SMILES string of the molecule is COCCNC(=O)[C@H](c1ccc(C)o1)N(C(=O)Cn1nnc2ccccc21)c1ccc(C(C)C)cc1. The molecule has 1 atom stereocenters. The summed E-state index contributed by atoms with van der Waals surface area (Å²) >= 11 is 0. The van der Waals surface area contributed by atoms with E-state index in [1.165, 1.54) is 4.90 Å². The van der Waals surface area contributed by atoms with E-state index in [4.69, 9.17) is 9.15 Å². The van der Waals surface area contributed by atoms with E-state index in [1.807, 2.05) is 48.5 Å². The summed E-state index contributed by atoms with van der Waals surface area (Å²) in [7, 11) is 1.56. The van der Waals surface area contributed by atoms with E-state index >= 15 is 0 Å². The quantitative estimate of drug-likeness (QED) is 0.338. The van der Waals surface area contributed by atoms with Crippen LogP contribution in [-0.4, -0.2) is 47.1 Å². The Morgan fingerprint density at radius 2 is 1.83 bits per heavy atom. The molecule has 0 aliphatic rings. The fraction of sp³-hybridized carbons (Fsp3) is 0.333. The Morgan fingerprint density at radius 3 is 2.50 bits per heavy atom. The van der Waals surface area contributed by atoms with Crippen molar-refractivity contribution in [1.29, 1.82) is 0 Å². The highest BCUT2D eigenvalue weighted by atomic mass is 16.5. The first-order chi connectivity index (χ1) is 17.4. The van der Waals surface area contributed by atoms with Crippen molar-refractivity contribution in [2.24, 2.45) is 0 Å². The smallest absolute Gasteiger partial charge is 0.251 e. The van der Waals surface area contributed by atoms with Gasteiger partial charge in [0.25, 0.3) is 5.91 Å². The van der Waals surface area contributed by atoms with Crippen molar-refractivity contribution in [1.82, 2.24) is 20.3 Å². The second-order valence-electron chi connectivity index (χ2n) is 8.88. The lowest BCUT2D eigenvalue weighted by atomic mass is 10.0. The first-order valence-corrected chi connectivity index (χ1v) is 11.9. The summed E-state index contributed by atoms with van der Waals surface area (Å²) in [6.07, 6.45) is 0. The zero-order chi connectivity index (χ0) is 25.7. The molecule has 9 heteroatoms. The van der Waals surface area contributed by atoms with Crippen molar-refractivity contribution in [3.63, 3.8) is 0 Å². The fourth-order valence-corrected chi connectivity index (χ4v) is 4.04. The van der Waals surface area contributed by atoms with E-state index in [1.54, 1.807) is 30.8 Å². The van der Waals surface area contributed by atoms with Gasteiger partial charge in [0.2, 0.25) is 5.91 Å². The summed E-state index contributed by atoms with van der Waals surface area (Å²) in [4.78, 5) is 28.9. The Bertz CT molecular complexity index is 1330. The molecule has 2 aromatic heterocycles. The molecule has 188 valence electrons. The summed E-state index contributed by atoms with van der Waals surface area (Å²) in [5.41, 5.74) is 3.13. The van der Waals surface area contributed by atoms with Crippen LogP contribution in [0.5, 0.6) is 0 Å². The van der Waals surface area contributed by atoms with E-state index in [-0.39, 0.29) is 18.4 Å². The van der Waals surface area contributed by atoms with E-state index < -0.39 is 6.04 Å². The molecule has 0 saturated carbocycles. The van der Waals surface area contributed by atoms with Crippen LogP contribution < -0.4 is 10.2 Å². The van der Waals surface area contributed by atoms with E-state index in [0.717, 1.165) is 11.1 Å². The van der Waals surface area contributed by atoms with Crippen molar-refractivity contribution < 1.29 is 18.7 Å². The van der Waals surface area contributed by atoms with Gasteiger partial charge >= 0.3 is 0 Å². The van der Waals surface area contributed by atoms with Gasteiger partial charge in [0, 0.05) is 19.3 Å². The van der Waals surface area contributed by atoms with Gasteiger partial charge in [0.05, 0.1) is 12.1 Å². The summed E-state index contributed by atoms with van der Waals surface area (Å²) in [6, 6.07) is 17.6. The van der Waals surface area contributed by atoms with Crippen LogP contribution in [0.2, 0.25) is 0 Å². The van der Waals surface area contributed by atoms with Crippen molar-refractivity contribution in [2.75, 3.05) is 25.2 Å². The summed E-state index contributed by atoms with van der Waals surface area (Å²) in [6.45, 7) is 6.55. The van der Waals surface area contributed by atoms with Gasteiger partial charge in [-0.3, -0.25) is 14.5 Å². The van der Waals surface area contributed by atoms with Crippen LogP contribution in [0.4, 0.5) is 5.69 Å². The van der Waals surface area contributed by atoms with Gasteiger partial charge in [0.1, 0.15) is 23.6 Å². The first kappa shape index (κ1) is 25.1. The molecule has 0 fully saturated rings. The number of nitrogens with zero attached hydrogens (tertiary/aromatic N) is 4. The number of ether oxygens (including phenoxy) is 1. The van der Waals surface area contributed by atoms with Gasteiger partial charge in [-0.15, -0.1) is 5.10 Å². The Labute approximate surface area is 210 Å². The number of benzene rings is 2. The molecule has 2 amide bonds. The van der Waals surface area contributed by atoms with Crippen LogP contribution >= 0.6 is 0 Å². The molecule has 4 rings (SSSR count). The van der Waals surface area contributed by atoms with Crippen LogP contribution in [0.25, 0.3) is 11.0 Å². The van der Waals surface area contributed by atoms with E-state index in [9.17, 15) is 9.59 Å². The minimum Gasteiger partial charge on any atom is -0.464 e. The highest BCUT2D eigenvalue weighted by Crippen LogP contribution is 2.31. The number of carbonyl (C=O) groups excluding carboxylic acids is 2. The highest BCUT2D eigenvalue weighted by Gasteiger charge is 2.35. The number of methoxy groups -OCH3 is 1. The molecule has 36 heavy (non-hydrogen) atoms. The molecule has 4 aromatic rings. The second kappa shape index (κ2) is 11.2. The standard InChI is InChI=1S/C27H31N5O4/c1-18(2)20-10-12-21(13-11-20)32(25(33)17-31-23-8-6-5-7-22(23)29-30-31)26(24-14-9-19(3)36-24)27(34)28-15-16-35-4/h5-14,18,26H,15-17H2,1-4H3,(H,28,34)/t26-/m0/s1. The largest absolute Gasteiger partial charge is 0.464 e. The summed E-state index contributed by atoms with van der Waals surface area (Å²) in [5, 5.41) is 11.2. The van der Waals surface area contributed by atoms with Crippen molar-refractivity contribution >= 4 is 28.5 Å². The predicted octanol–water partition coefficient (Wildman–Crippen LogP) is 3.99. The third-order valence-corrected chi connectivity index (χ3v) is 5.95. The molecule has 0 aliphatic heterocycles. The number of furan rings is 1. The minimum atomic E-state index is -1.03. The van der Waals surface area contributed by atoms with Gasteiger partial charge in [-0.25, -0.2) is 4.68 Å². The molecule has 0 spiro atoms. The van der Waals surface area contributed by atoms with E-state index in [2.05, 4.69) is 29.5 Å². The zero-order valence-corrected chi connectivity index (χ0v) is 21.0. The van der Waals surface area contributed by atoms with Gasteiger partial charge in [-0.1, -0.05) is 43.3 Å². The normalized spacial score (nSPS) is 12.1. The predicted molar refractivity (Wildman–Crippen MR) is 137 cm³/mol. The Kier molecular flexibility index (Phi) is 7.80. The lowest BCUT2D eigenvalue weighted by molar-refractivity contribution is -0.127. The number of hydrogen-bond donors (Lipinski definition) is 1. The molecule has 0 saturated heterocycles. The minimum absolute atomic E-state index is 0.103. The highest BCUT2D eigenvalue weighted by molar-refractivity contribution is 6.01. The molecule has 1 N–H and O–H groups in total. The van der Waals surface area contributed by atoms with Gasteiger partial charge < -0.3 is 14.5 Å². The molecule has 0 aliphatic carbocycles. The molecular formula is C27H31N5O4. The molecule has 0 radical (unpaired) electrons. The van der Waals surface area contributed by atoms with Gasteiger partial charge in [-0.2, -0.15) is 0 Å². The Balaban J connectivity index is 1.76. The number of aryl methyl sites for hydroxylation is 1. The number of aromatic nitrogens is 3. The van der Waals surface area contributed by atoms with Gasteiger partial charge in [0.15, 0.2) is 6.04 Å². The number of anilines is 1. The first-order valence-electron chi connectivity index (χ1n) is 11.9. The lowest BCUT2D eigenvalue weighted by Crippen LogP contribution is -2.45. The number of nitrogens with one attached hydrogen (secondary N) is 1. The van der Waals surface area contributed by atoms with E-state index in [0.29, 0.717) is 41.8 Å². The van der Waals surface area contributed by atoms with Crippen LogP contribution in [0.3, 0.4) is 0 Å². The van der Waals surface area contributed by atoms with Crippen molar-refractivity contribution in [3.05, 3.63) is 77.7 Å². The number of hydrogen-bond acceptors (Lipinski definition) is 6. The maximum absolute atomic E-state index is 13.9. The summed E-state index contributed by atoms with van der Waals surface area (Å²) < 4.78 is 12.5. The Hall–Kier alpha value is -3.98. The summed E-state index contributed by atoms with van der Waals surface area (Å²) in [5.74, 6) is 0.636. The van der Waals surface area contributed by atoms with Crippen molar-refractivity contribution in [3.8, 4) is 0 Å². The van der Waals surface area contributed by atoms with Gasteiger partial charge in [-0.05, 0) is 54.8 Å². The van der Waals surface area contributed by atoms with Crippen LogP contribution in [-0.2, 0) is 20.9 Å². The number of para-hydroxylation sites is 1. The topological polar surface area (TPSA) is 102 Å². The molecule has 2 heterocycles. The zero-order valence-electron chi connectivity index (χ0n) is 21.0. The molecule has 2 aromatic carbocycles. The molecule has 0 bridgehead atoms. The van der Waals surface area contributed by atoms with Crippen LogP contribution in [0.1, 0.15) is 42.9 Å². The average molecular weight is 490 g/mol. The van der Waals surface area contributed by atoms with Crippen molar-refractivity contribution in [2.45, 2.75) is 39.3 Å². The van der Waals surface area contributed by atoms with Crippen LogP contribution in [0.15, 0.2) is 65.1 Å².